The summed E-state index contributed by atoms with van der Waals surface area (Å²) in [5, 5.41) is 0. The number of nitrogens with one attached hydrogen (secondary N) is 2. The van der Waals surface area contributed by atoms with Gasteiger partial charge in [-0.05, 0) is 31.2 Å². The Morgan fingerprint density at radius 3 is 2.45 bits per heavy atom. The summed E-state index contributed by atoms with van der Waals surface area (Å²) in [6.07, 6.45) is 9.96. The zero-order chi connectivity index (χ0) is 15.2. The molecule has 0 bridgehead atoms. The fourth-order valence-corrected chi connectivity index (χ4v) is 4.73. The summed E-state index contributed by atoms with van der Waals surface area (Å²) in [6.45, 7) is 7.97. The quantitative estimate of drug-likeness (QED) is 0.807. The van der Waals surface area contributed by atoms with E-state index in [1.807, 2.05) is 9.80 Å². The molecule has 3 rings (SSSR count). The fraction of sp³-hybridized carbons (Fsp3) is 0.700. The van der Waals surface area contributed by atoms with Gasteiger partial charge in [-0.1, -0.05) is 37.3 Å². The van der Waals surface area contributed by atoms with Gasteiger partial charge in [-0.15, -0.1) is 0 Å². The standard InChI is InChI=1S/C20H32N2/c1-2-19-10-6-7-14-22(19)20-12-16-21(17-13-20)15-11-18-8-4-3-5-9-18/h3-5,8-9,19-20H,2,6-7,10-17H2,1H3/p+2/t19-/m1/s1. The van der Waals surface area contributed by atoms with Crippen molar-refractivity contribution in [1.82, 2.24) is 0 Å². The lowest BCUT2D eigenvalue weighted by Gasteiger charge is -2.40. The van der Waals surface area contributed by atoms with Gasteiger partial charge in [0.1, 0.15) is 0 Å². The van der Waals surface area contributed by atoms with Crippen LogP contribution in [0, 0.1) is 0 Å². The Hall–Kier alpha value is -0.860. The SMILES string of the molecule is CC[C@@H]1CCCC[NH+]1C1CC[NH+](CCc2ccccc2)CC1. The lowest BCUT2D eigenvalue weighted by molar-refractivity contribution is -0.977. The van der Waals surface area contributed by atoms with Crippen molar-refractivity contribution in [2.75, 3.05) is 26.2 Å². The molecule has 2 nitrogen and oxygen atoms in total. The average molecular weight is 303 g/mol. The Kier molecular flexibility index (Phi) is 5.91. The molecule has 2 aliphatic rings. The first-order chi connectivity index (χ1) is 10.9. The number of piperidine rings is 2. The number of quaternary nitrogens is 2. The van der Waals surface area contributed by atoms with Crippen LogP contribution in [0.1, 0.15) is 51.0 Å². The summed E-state index contributed by atoms with van der Waals surface area (Å²) in [5.41, 5.74) is 1.50. The Labute approximate surface area is 136 Å². The molecule has 2 N–H and O–H groups in total. The monoisotopic (exact) mass is 302 g/mol. The molecule has 2 atom stereocenters. The summed E-state index contributed by atoms with van der Waals surface area (Å²) in [4.78, 5) is 3.81. The van der Waals surface area contributed by atoms with E-state index >= 15 is 0 Å². The summed E-state index contributed by atoms with van der Waals surface area (Å²) >= 11 is 0. The van der Waals surface area contributed by atoms with Crippen molar-refractivity contribution in [2.45, 2.75) is 64.0 Å². The van der Waals surface area contributed by atoms with Crippen LogP contribution < -0.4 is 9.80 Å². The highest BCUT2D eigenvalue weighted by atomic mass is 15.2. The minimum absolute atomic E-state index is 0.963. The van der Waals surface area contributed by atoms with E-state index in [-0.39, 0.29) is 0 Å². The highest BCUT2D eigenvalue weighted by Gasteiger charge is 2.35. The minimum Gasteiger partial charge on any atom is -0.334 e. The zero-order valence-corrected chi connectivity index (χ0v) is 14.3. The number of rotatable bonds is 5. The van der Waals surface area contributed by atoms with Gasteiger partial charge < -0.3 is 9.80 Å². The third-order valence-corrected chi connectivity index (χ3v) is 6.11. The van der Waals surface area contributed by atoms with E-state index in [1.54, 1.807) is 0 Å². The Bertz CT molecular complexity index is 423. The average Bonchev–Trinajstić information content (AvgIpc) is 2.61. The van der Waals surface area contributed by atoms with E-state index in [4.69, 9.17) is 0 Å². The number of hydrogen-bond donors (Lipinski definition) is 2. The van der Waals surface area contributed by atoms with Gasteiger partial charge >= 0.3 is 0 Å². The number of benzene rings is 1. The van der Waals surface area contributed by atoms with E-state index in [0.29, 0.717) is 0 Å². The maximum absolute atomic E-state index is 2.40. The van der Waals surface area contributed by atoms with Crippen LogP contribution in [-0.4, -0.2) is 38.3 Å². The second-order valence-electron chi connectivity index (χ2n) is 7.44. The van der Waals surface area contributed by atoms with Crippen LogP contribution in [-0.2, 0) is 6.42 Å². The van der Waals surface area contributed by atoms with Gasteiger partial charge in [-0.25, -0.2) is 0 Å². The second kappa shape index (κ2) is 8.12. The molecule has 1 aromatic rings. The van der Waals surface area contributed by atoms with Crippen LogP contribution in [0.4, 0.5) is 0 Å². The smallest absolute Gasteiger partial charge is 0.0985 e. The second-order valence-corrected chi connectivity index (χ2v) is 7.44. The molecule has 2 saturated heterocycles. The van der Waals surface area contributed by atoms with Crippen molar-refractivity contribution in [3.63, 3.8) is 0 Å². The number of hydrogen-bond acceptors (Lipinski definition) is 0. The molecular weight excluding hydrogens is 268 g/mol. The van der Waals surface area contributed by atoms with E-state index in [2.05, 4.69) is 37.3 Å². The maximum atomic E-state index is 2.40. The van der Waals surface area contributed by atoms with Gasteiger partial charge in [-0.3, -0.25) is 0 Å². The molecule has 22 heavy (non-hydrogen) atoms. The largest absolute Gasteiger partial charge is 0.334 e. The Morgan fingerprint density at radius 2 is 1.73 bits per heavy atom. The minimum atomic E-state index is 0.963. The van der Waals surface area contributed by atoms with Gasteiger partial charge in [0.15, 0.2) is 0 Å². The Morgan fingerprint density at radius 1 is 0.955 bits per heavy atom. The predicted octanol–water partition coefficient (Wildman–Crippen LogP) is 1.12. The molecule has 0 saturated carbocycles. The van der Waals surface area contributed by atoms with Gasteiger partial charge in [0.2, 0.25) is 0 Å². The molecule has 122 valence electrons. The van der Waals surface area contributed by atoms with Gasteiger partial charge in [0.25, 0.3) is 0 Å². The summed E-state index contributed by atoms with van der Waals surface area (Å²) in [5.74, 6) is 0. The normalized spacial score (nSPS) is 32.8. The lowest BCUT2D eigenvalue weighted by Crippen LogP contribution is -3.23. The van der Waals surface area contributed by atoms with Crippen LogP contribution in [0.2, 0.25) is 0 Å². The van der Waals surface area contributed by atoms with Crippen molar-refractivity contribution >= 4 is 0 Å². The Balaban J connectivity index is 1.44. The zero-order valence-electron chi connectivity index (χ0n) is 14.3. The van der Waals surface area contributed by atoms with E-state index < -0.39 is 0 Å². The fourth-order valence-electron chi connectivity index (χ4n) is 4.73. The molecule has 1 aromatic carbocycles. The molecule has 0 amide bonds. The van der Waals surface area contributed by atoms with Crippen molar-refractivity contribution in [3.05, 3.63) is 35.9 Å². The van der Waals surface area contributed by atoms with Gasteiger partial charge in [0, 0.05) is 19.3 Å². The van der Waals surface area contributed by atoms with E-state index in [1.165, 1.54) is 76.7 Å². The first-order valence-electron chi connectivity index (χ1n) is 9.60. The first-order valence-corrected chi connectivity index (χ1v) is 9.60. The predicted molar refractivity (Wildman–Crippen MR) is 92.5 cm³/mol. The third-order valence-electron chi connectivity index (χ3n) is 6.11. The van der Waals surface area contributed by atoms with Crippen LogP contribution in [0.15, 0.2) is 30.3 Å². The van der Waals surface area contributed by atoms with Crippen molar-refractivity contribution in [3.8, 4) is 0 Å². The van der Waals surface area contributed by atoms with Crippen LogP contribution >= 0.6 is 0 Å². The highest BCUT2D eigenvalue weighted by Crippen LogP contribution is 2.09. The third kappa shape index (κ3) is 4.11. The summed E-state index contributed by atoms with van der Waals surface area (Å²) in [6, 6.07) is 12.9. The van der Waals surface area contributed by atoms with Crippen LogP contribution in [0.5, 0.6) is 0 Å². The van der Waals surface area contributed by atoms with Gasteiger partial charge in [0.05, 0.1) is 38.3 Å². The molecule has 0 spiro atoms. The van der Waals surface area contributed by atoms with E-state index in [0.717, 1.165) is 12.1 Å². The van der Waals surface area contributed by atoms with Crippen molar-refractivity contribution in [2.24, 2.45) is 0 Å². The molecule has 2 fully saturated rings. The summed E-state index contributed by atoms with van der Waals surface area (Å²) in [7, 11) is 0. The highest BCUT2D eigenvalue weighted by molar-refractivity contribution is 5.14. The molecule has 2 heteroatoms. The molecule has 0 aromatic heterocycles. The number of likely N-dealkylation sites (tertiary alicyclic amines) is 2. The maximum Gasteiger partial charge on any atom is 0.0985 e. The molecular formula is C20H34N2+2. The first kappa shape index (κ1) is 16.0. The summed E-state index contributed by atoms with van der Waals surface area (Å²) < 4.78 is 0. The molecule has 1 unspecified atom stereocenters. The van der Waals surface area contributed by atoms with E-state index in [9.17, 15) is 0 Å². The van der Waals surface area contributed by atoms with Crippen molar-refractivity contribution < 1.29 is 9.80 Å². The van der Waals surface area contributed by atoms with Crippen molar-refractivity contribution in [1.29, 1.82) is 0 Å². The molecule has 0 radical (unpaired) electrons. The van der Waals surface area contributed by atoms with Crippen LogP contribution in [0.25, 0.3) is 0 Å². The molecule has 2 heterocycles. The molecule has 2 aliphatic heterocycles. The lowest BCUT2D eigenvalue weighted by atomic mass is 9.93. The van der Waals surface area contributed by atoms with Crippen LogP contribution in [0.3, 0.4) is 0 Å². The topological polar surface area (TPSA) is 8.88 Å². The molecule has 0 aliphatic carbocycles. The van der Waals surface area contributed by atoms with Gasteiger partial charge in [-0.2, -0.15) is 0 Å².